The molecular formula is C23H27F2N5O. The molecule has 4 rings (SSSR count). The Morgan fingerprint density at radius 3 is 2.29 bits per heavy atom. The minimum atomic E-state index is -0.740. The zero-order chi connectivity index (χ0) is 22.7. The summed E-state index contributed by atoms with van der Waals surface area (Å²) in [6, 6.07) is 4.04. The predicted molar refractivity (Wildman–Crippen MR) is 118 cm³/mol. The number of nitrogens with zero attached hydrogens (tertiary/aromatic N) is 4. The van der Waals surface area contributed by atoms with Crippen LogP contribution in [0.4, 0.5) is 20.2 Å². The Morgan fingerprint density at radius 1 is 1.16 bits per heavy atom. The maximum absolute atomic E-state index is 14.4. The molecule has 8 heteroatoms. The number of carbonyl (C=O) groups excluding carboxylic acids is 1. The molecule has 3 aromatic rings. The summed E-state index contributed by atoms with van der Waals surface area (Å²) in [5.41, 5.74) is 2.20. The van der Waals surface area contributed by atoms with Gasteiger partial charge in [-0.2, -0.15) is 5.10 Å². The highest BCUT2D eigenvalue weighted by molar-refractivity contribution is 6.12. The fourth-order valence-corrected chi connectivity index (χ4v) is 3.81. The second-order valence-corrected chi connectivity index (χ2v) is 9.37. The molecule has 1 fully saturated rings. The van der Waals surface area contributed by atoms with Crippen molar-refractivity contribution in [1.29, 1.82) is 0 Å². The Kier molecular flexibility index (Phi) is 4.98. The highest BCUT2D eigenvalue weighted by atomic mass is 19.1. The molecule has 0 saturated heterocycles. The first-order valence-electron chi connectivity index (χ1n) is 10.4. The highest BCUT2D eigenvalue weighted by Gasteiger charge is 2.30. The SMILES string of the molecule is Cc1nn(C(C)(C)C)c2nc(C3CC3)cc(C(=O)Nc3cc(F)c(N(C)C)c(F)c3)c12. The molecule has 0 radical (unpaired) electrons. The lowest BCUT2D eigenvalue weighted by Crippen LogP contribution is -2.24. The van der Waals surface area contributed by atoms with Crippen LogP contribution < -0.4 is 10.2 Å². The van der Waals surface area contributed by atoms with Crippen molar-refractivity contribution in [2.24, 2.45) is 0 Å². The van der Waals surface area contributed by atoms with Gasteiger partial charge in [0.25, 0.3) is 5.91 Å². The Balaban J connectivity index is 1.80. The number of carbonyl (C=O) groups is 1. The van der Waals surface area contributed by atoms with Gasteiger partial charge >= 0.3 is 0 Å². The third-order valence-electron chi connectivity index (χ3n) is 5.43. The Bertz CT molecular complexity index is 1170. The second-order valence-electron chi connectivity index (χ2n) is 9.37. The van der Waals surface area contributed by atoms with Crippen LogP contribution in [-0.2, 0) is 5.54 Å². The molecule has 6 nitrogen and oxygen atoms in total. The van der Waals surface area contributed by atoms with Crippen LogP contribution in [0.5, 0.6) is 0 Å². The van der Waals surface area contributed by atoms with Crippen LogP contribution in [-0.4, -0.2) is 34.8 Å². The third kappa shape index (κ3) is 3.86. The quantitative estimate of drug-likeness (QED) is 0.639. The molecule has 0 aliphatic heterocycles. The average Bonchev–Trinajstić information content (AvgIpc) is 3.43. The van der Waals surface area contributed by atoms with Gasteiger partial charge in [0.2, 0.25) is 0 Å². The number of aryl methyl sites for hydroxylation is 1. The molecule has 1 N–H and O–H groups in total. The van der Waals surface area contributed by atoms with Gasteiger partial charge in [0.15, 0.2) is 17.3 Å². The van der Waals surface area contributed by atoms with E-state index >= 15 is 0 Å². The molecule has 164 valence electrons. The van der Waals surface area contributed by atoms with Crippen molar-refractivity contribution in [2.45, 2.75) is 52.0 Å². The van der Waals surface area contributed by atoms with Crippen LogP contribution in [0.1, 0.15) is 61.3 Å². The van der Waals surface area contributed by atoms with Gasteiger partial charge in [0, 0.05) is 31.4 Å². The summed E-state index contributed by atoms with van der Waals surface area (Å²) in [6.07, 6.45) is 2.06. The number of nitrogens with one attached hydrogen (secondary N) is 1. The fraction of sp³-hybridized carbons (Fsp3) is 0.435. The van der Waals surface area contributed by atoms with Crippen LogP contribution >= 0.6 is 0 Å². The first-order chi connectivity index (χ1) is 14.5. The van der Waals surface area contributed by atoms with Gasteiger partial charge in [-0.1, -0.05) is 0 Å². The summed E-state index contributed by atoms with van der Waals surface area (Å²) >= 11 is 0. The van der Waals surface area contributed by atoms with E-state index in [1.165, 1.54) is 4.90 Å². The first-order valence-corrected chi connectivity index (χ1v) is 10.4. The minimum absolute atomic E-state index is 0.0596. The summed E-state index contributed by atoms with van der Waals surface area (Å²) in [6.45, 7) is 7.93. The summed E-state index contributed by atoms with van der Waals surface area (Å²) < 4.78 is 30.6. The standard InChI is InChI=1S/C23H27F2N5O/c1-12-19-15(22(31)26-14-9-16(24)20(29(5)6)17(25)10-14)11-18(13-7-8-13)27-21(19)30(28-12)23(2,3)4/h9-11,13H,7-8H2,1-6H3,(H,26,31). The molecule has 1 aromatic carbocycles. The van der Waals surface area contributed by atoms with Crippen molar-refractivity contribution in [1.82, 2.24) is 14.8 Å². The van der Waals surface area contributed by atoms with Gasteiger partial charge in [-0.3, -0.25) is 4.79 Å². The van der Waals surface area contributed by atoms with E-state index in [0.29, 0.717) is 28.2 Å². The lowest BCUT2D eigenvalue weighted by atomic mass is 10.1. The van der Waals surface area contributed by atoms with Gasteiger partial charge in [-0.15, -0.1) is 0 Å². The van der Waals surface area contributed by atoms with Crippen molar-refractivity contribution in [3.63, 3.8) is 0 Å². The van der Waals surface area contributed by atoms with Gasteiger partial charge in [-0.25, -0.2) is 18.4 Å². The van der Waals surface area contributed by atoms with E-state index in [1.54, 1.807) is 20.2 Å². The number of pyridine rings is 1. The van der Waals surface area contributed by atoms with Crippen LogP contribution in [0.3, 0.4) is 0 Å². The summed E-state index contributed by atoms with van der Waals surface area (Å²) in [7, 11) is 3.12. The van der Waals surface area contributed by atoms with Crippen molar-refractivity contribution >= 4 is 28.3 Å². The number of benzene rings is 1. The van der Waals surface area contributed by atoms with Crippen LogP contribution in [0.15, 0.2) is 18.2 Å². The van der Waals surface area contributed by atoms with E-state index in [4.69, 9.17) is 4.98 Å². The molecule has 0 atom stereocenters. The average molecular weight is 427 g/mol. The molecule has 0 unspecified atom stereocenters. The Hall–Kier alpha value is -3.03. The molecule has 1 saturated carbocycles. The molecule has 2 heterocycles. The monoisotopic (exact) mass is 427 g/mol. The molecule has 2 aromatic heterocycles. The topological polar surface area (TPSA) is 63.1 Å². The molecule has 0 bridgehead atoms. The fourth-order valence-electron chi connectivity index (χ4n) is 3.81. The second kappa shape index (κ2) is 7.28. The zero-order valence-electron chi connectivity index (χ0n) is 18.7. The van der Waals surface area contributed by atoms with Crippen molar-refractivity contribution in [3.8, 4) is 0 Å². The van der Waals surface area contributed by atoms with Crippen LogP contribution in [0.25, 0.3) is 11.0 Å². The van der Waals surface area contributed by atoms with E-state index in [1.807, 2.05) is 32.4 Å². The molecule has 1 aliphatic carbocycles. The summed E-state index contributed by atoms with van der Waals surface area (Å²) in [4.78, 5) is 19.4. The molecule has 0 spiro atoms. The van der Waals surface area contributed by atoms with Crippen LogP contribution in [0.2, 0.25) is 0 Å². The number of aromatic nitrogens is 3. The van der Waals surface area contributed by atoms with E-state index in [-0.39, 0.29) is 16.9 Å². The van der Waals surface area contributed by atoms with Crippen LogP contribution in [0, 0.1) is 18.6 Å². The number of amides is 1. The third-order valence-corrected chi connectivity index (χ3v) is 5.43. The van der Waals surface area contributed by atoms with Crippen molar-refractivity contribution in [2.75, 3.05) is 24.3 Å². The van der Waals surface area contributed by atoms with Crippen molar-refractivity contribution < 1.29 is 13.6 Å². The normalized spacial score (nSPS) is 14.2. The maximum atomic E-state index is 14.4. The zero-order valence-corrected chi connectivity index (χ0v) is 18.7. The lowest BCUT2D eigenvalue weighted by Gasteiger charge is -2.20. The number of hydrogen-bond acceptors (Lipinski definition) is 4. The van der Waals surface area contributed by atoms with E-state index in [0.717, 1.165) is 30.7 Å². The van der Waals surface area contributed by atoms with Gasteiger partial charge < -0.3 is 10.2 Å². The maximum Gasteiger partial charge on any atom is 0.256 e. The number of fused-ring (bicyclic) bond motifs is 1. The minimum Gasteiger partial charge on any atom is -0.373 e. The smallest absolute Gasteiger partial charge is 0.256 e. The molecule has 31 heavy (non-hydrogen) atoms. The number of hydrogen-bond donors (Lipinski definition) is 1. The largest absolute Gasteiger partial charge is 0.373 e. The summed E-state index contributed by atoms with van der Waals surface area (Å²) in [5, 5.41) is 7.95. The van der Waals surface area contributed by atoms with Crippen molar-refractivity contribution in [3.05, 3.63) is 46.8 Å². The summed E-state index contributed by atoms with van der Waals surface area (Å²) in [5.74, 6) is -1.60. The number of halogens is 2. The lowest BCUT2D eigenvalue weighted by molar-refractivity contribution is 0.102. The molecule has 1 aliphatic rings. The Labute approximate surface area is 180 Å². The predicted octanol–water partition coefficient (Wildman–Crippen LogP) is 4.97. The Morgan fingerprint density at radius 2 is 1.77 bits per heavy atom. The van der Waals surface area contributed by atoms with E-state index < -0.39 is 17.5 Å². The molecule has 1 amide bonds. The van der Waals surface area contributed by atoms with Gasteiger partial charge in [0.05, 0.1) is 22.2 Å². The highest BCUT2D eigenvalue weighted by Crippen LogP contribution is 2.41. The number of rotatable bonds is 4. The van der Waals surface area contributed by atoms with E-state index in [2.05, 4.69) is 10.4 Å². The molecular weight excluding hydrogens is 400 g/mol. The van der Waals surface area contributed by atoms with Gasteiger partial charge in [0.1, 0.15) is 5.69 Å². The van der Waals surface area contributed by atoms with E-state index in [9.17, 15) is 13.6 Å². The van der Waals surface area contributed by atoms with Gasteiger partial charge in [-0.05, 0) is 58.7 Å². The first kappa shape index (κ1) is 21.2. The number of anilines is 2.